The van der Waals surface area contributed by atoms with Gasteiger partial charge in [0.15, 0.2) is 0 Å². The highest BCUT2D eigenvalue weighted by Crippen LogP contribution is 2.15. The minimum atomic E-state index is -0.600. The van der Waals surface area contributed by atoms with Gasteiger partial charge in [0.25, 0.3) is 0 Å². The molecular formula is C9H14N2OS. The van der Waals surface area contributed by atoms with E-state index in [1.807, 2.05) is 6.07 Å². The highest BCUT2D eigenvalue weighted by molar-refractivity contribution is 7.98. The number of aromatic nitrogens is 2. The van der Waals surface area contributed by atoms with Crippen molar-refractivity contribution in [1.29, 1.82) is 0 Å². The van der Waals surface area contributed by atoms with Crippen LogP contribution in [-0.2, 0) is 5.75 Å². The zero-order chi connectivity index (χ0) is 9.73. The van der Waals surface area contributed by atoms with Crippen LogP contribution in [-0.4, -0.2) is 26.4 Å². The van der Waals surface area contributed by atoms with Gasteiger partial charge in [-0.05, 0) is 19.9 Å². The minimum absolute atomic E-state index is 0.600. The van der Waals surface area contributed by atoms with E-state index in [9.17, 15) is 5.11 Å². The van der Waals surface area contributed by atoms with Gasteiger partial charge in [-0.15, -0.1) is 0 Å². The second-order valence-electron chi connectivity index (χ2n) is 3.51. The molecule has 0 unspecified atom stereocenters. The molecule has 0 aromatic carbocycles. The van der Waals surface area contributed by atoms with Crippen molar-refractivity contribution >= 4 is 11.8 Å². The van der Waals surface area contributed by atoms with Crippen LogP contribution in [0.2, 0.25) is 0 Å². The van der Waals surface area contributed by atoms with E-state index in [1.54, 1.807) is 38.1 Å². The van der Waals surface area contributed by atoms with Crippen LogP contribution < -0.4 is 0 Å². The molecule has 0 aliphatic carbocycles. The van der Waals surface area contributed by atoms with Gasteiger partial charge in [-0.2, -0.15) is 11.8 Å². The van der Waals surface area contributed by atoms with E-state index < -0.39 is 5.60 Å². The molecule has 0 bridgehead atoms. The maximum absolute atomic E-state index is 9.44. The molecule has 0 fully saturated rings. The van der Waals surface area contributed by atoms with E-state index in [2.05, 4.69) is 9.97 Å². The van der Waals surface area contributed by atoms with Gasteiger partial charge in [0, 0.05) is 17.7 Å². The topological polar surface area (TPSA) is 46.0 Å². The van der Waals surface area contributed by atoms with Crippen LogP contribution in [0, 0.1) is 0 Å². The Balaban J connectivity index is 2.29. The fourth-order valence-electron chi connectivity index (χ4n) is 0.809. The van der Waals surface area contributed by atoms with Crippen LogP contribution in [0.1, 0.15) is 19.5 Å². The van der Waals surface area contributed by atoms with Crippen LogP contribution >= 0.6 is 11.8 Å². The van der Waals surface area contributed by atoms with Gasteiger partial charge in [-0.1, -0.05) is 0 Å². The van der Waals surface area contributed by atoms with Gasteiger partial charge in [0.1, 0.15) is 6.33 Å². The second-order valence-corrected chi connectivity index (χ2v) is 4.49. The Morgan fingerprint density at radius 1 is 1.54 bits per heavy atom. The van der Waals surface area contributed by atoms with Crippen LogP contribution in [0.5, 0.6) is 0 Å². The second kappa shape index (κ2) is 4.58. The molecule has 0 spiro atoms. The smallest absolute Gasteiger partial charge is 0.115 e. The summed E-state index contributed by atoms with van der Waals surface area (Å²) < 4.78 is 0. The fourth-order valence-corrected chi connectivity index (χ4v) is 1.79. The van der Waals surface area contributed by atoms with Gasteiger partial charge in [-0.25, -0.2) is 9.97 Å². The third-order valence-electron chi connectivity index (χ3n) is 1.35. The molecule has 0 aliphatic rings. The lowest BCUT2D eigenvalue weighted by molar-refractivity contribution is 0.107. The molecule has 13 heavy (non-hydrogen) atoms. The molecule has 1 rings (SSSR count). The van der Waals surface area contributed by atoms with E-state index >= 15 is 0 Å². The molecule has 0 radical (unpaired) electrons. The molecule has 1 aromatic rings. The Morgan fingerprint density at radius 2 is 2.31 bits per heavy atom. The van der Waals surface area contributed by atoms with Gasteiger partial charge in [0.2, 0.25) is 0 Å². The van der Waals surface area contributed by atoms with Crippen LogP contribution in [0.3, 0.4) is 0 Å². The van der Waals surface area contributed by atoms with Crippen molar-refractivity contribution in [2.45, 2.75) is 25.2 Å². The van der Waals surface area contributed by atoms with Gasteiger partial charge >= 0.3 is 0 Å². The van der Waals surface area contributed by atoms with Gasteiger partial charge in [-0.3, -0.25) is 0 Å². The lowest BCUT2D eigenvalue weighted by atomic mass is 10.2. The maximum Gasteiger partial charge on any atom is 0.115 e. The summed E-state index contributed by atoms with van der Waals surface area (Å²) in [4.78, 5) is 7.92. The van der Waals surface area contributed by atoms with Crippen molar-refractivity contribution in [3.8, 4) is 0 Å². The van der Waals surface area contributed by atoms with E-state index in [1.165, 1.54) is 0 Å². The molecule has 0 saturated heterocycles. The van der Waals surface area contributed by atoms with Crippen molar-refractivity contribution in [2.24, 2.45) is 0 Å². The van der Waals surface area contributed by atoms with Crippen molar-refractivity contribution < 1.29 is 5.11 Å². The Hall–Kier alpha value is -0.610. The highest BCUT2D eigenvalue weighted by atomic mass is 32.2. The molecule has 0 aliphatic heterocycles. The third kappa shape index (κ3) is 4.85. The number of hydrogen-bond donors (Lipinski definition) is 1. The normalized spacial score (nSPS) is 11.6. The number of rotatable bonds is 4. The maximum atomic E-state index is 9.44. The largest absolute Gasteiger partial charge is 0.390 e. The van der Waals surface area contributed by atoms with Crippen molar-refractivity contribution in [1.82, 2.24) is 9.97 Å². The van der Waals surface area contributed by atoms with Crippen molar-refractivity contribution in [3.63, 3.8) is 0 Å². The van der Waals surface area contributed by atoms with Crippen LogP contribution in [0.4, 0.5) is 0 Å². The quantitative estimate of drug-likeness (QED) is 0.796. The van der Waals surface area contributed by atoms with E-state index in [-0.39, 0.29) is 0 Å². The molecule has 3 nitrogen and oxygen atoms in total. The van der Waals surface area contributed by atoms with Gasteiger partial charge in [0.05, 0.1) is 11.3 Å². The molecule has 0 atom stereocenters. The minimum Gasteiger partial charge on any atom is -0.390 e. The summed E-state index contributed by atoms with van der Waals surface area (Å²) in [5.41, 5.74) is 0.404. The summed E-state index contributed by atoms with van der Waals surface area (Å²) in [5, 5.41) is 9.44. The Kier molecular flexibility index (Phi) is 3.69. The third-order valence-corrected chi connectivity index (χ3v) is 2.76. The standard InChI is InChI=1S/C9H14N2OS/c1-9(2,12)6-13-5-8-3-4-10-7-11-8/h3-4,7,12H,5-6H2,1-2H3. The Bertz CT molecular complexity index is 246. The lowest BCUT2D eigenvalue weighted by Gasteiger charge is -2.15. The lowest BCUT2D eigenvalue weighted by Crippen LogP contribution is -2.21. The number of aliphatic hydroxyl groups is 1. The molecule has 1 heterocycles. The van der Waals surface area contributed by atoms with Crippen LogP contribution in [0.15, 0.2) is 18.6 Å². The number of hydrogen-bond acceptors (Lipinski definition) is 4. The van der Waals surface area contributed by atoms with Crippen LogP contribution in [0.25, 0.3) is 0 Å². The summed E-state index contributed by atoms with van der Waals surface area (Å²) >= 11 is 1.67. The Labute approximate surface area is 82.6 Å². The average Bonchev–Trinajstić information content (AvgIpc) is 2.04. The molecule has 1 N–H and O–H groups in total. The SMILES string of the molecule is CC(C)(O)CSCc1ccncn1. The van der Waals surface area contributed by atoms with E-state index in [0.717, 1.165) is 17.2 Å². The van der Waals surface area contributed by atoms with Gasteiger partial charge < -0.3 is 5.11 Å². The molecule has 72 valence electrons. The molecular weight excluding hydrogens is 184 g/mol. The highest BCUT2D eigenvalue weighted by Gasteiger charge is 2.11. The molecule has 0 amide bonds. The average molecular weight is 198 g/mol. The number of thioether (sulfide) groups is 1. The summed E-state index contributed by atoms with van der Waals surface area (Å²) in [6.07, 6.45) is 3.27. The van der Waals surface area contributed by atoms with Crippen molar-refractivity contribution in [3.05, 3.63) is 24.3 Å². The monoisotopic (exact) mass is 198 g/mol. The zero-order valence-corrected chi connectivity index (χ0v) is 8.71. The van der Waals surface area contributed by atoms with E-state index in [4.69, 9.17) is 0 Å². The predicted molar refractivity (Wildman–Crippen MR) is 54.5 cm³/mol. The summed E-state index contributed by atoms with van der Waals surface area (Å²) in [6.45, 7) is 3.61. The summed E-state index contributed by atoms with van der Waals surface area (Å²) in [5.74, 6) is 1.55. The molecule has 1 aromatic heterocycles. The first-order chi connectivity index (χ1) is 6.08. The predicted octanol–water partition coefficient (Wildman–Crippen LogP) is 1.48. The number of nitrogens with zero attached hydrogens (tertiary/aromatic N) is 2. The summed E-state index contributed by atoms with van der Waals surface area (Å²) in [7, 11) is 0. The summed E-state index contributed by atoms with van der Waals surface area (Å²) in [6, 6.07) is 1.89. The van der Waals surface area contributed by atoms with E-state index in [0.29, 0.717) is 0 Å². The first-order valence-electron chi connectivity index (χ1n) is 4.13. The molecule has 4 heteroatoms. The Morgan fingerprint density at radius 3 is 2.85 bits per heavy atom. The first-order valence-corrected chi connectivity index (χ1v) is 5.28. The fraction of sp³-hybridized carbons (Fsp3) is 0.556. The van der Waals surface area contributed by atoms with Crippen molar-refractivity contribution in [2.75, 3.05) is 5.75 Å². The first kappa shape index (κ1) is 10.5. The molecule has 0 saturated carbocycles. The zero-order valence-electron chi connectivity index (χ0n) is 7.90.